The molecule has 2 aromatic rings. The Kier molecular flexibility index (Phi) is 7.07. The average molecular weight is 515 g/mol. The number of carbonyl (C=O) groups is 2. The number of likely N-dealkylation sites (tertiary alicyclic amines) is 1. The molecule has 33 heavy (non-hydrogen) atoms. The minimum absolute atomic E-state index is 0.322. The van der Waals surface area contributed by atoms with Gasteiger partial charge in [-0.25, -0.2) is 4.79 Å². The summed E-state index contributed by atoms with van der Waals surface area (Å²) in [7, 11) is 0. The number of aryl methyl sites for hydroxylation is 2. The fraction of sp³-hybridized carbons (Fsp3) is 0.440. The number of amides is 3. The second-order valence-electron chi connectivity index (χ2n) is 8.91. The van der Waals surface area contributed by atoms with E-state index in [0.29, 0.717) is 28.0 Å². The van der Waals surface area contributed by atoms with Crippen molar-refractivity contribution < 1.29 is 14.7 Å². The number of anilines is 2. The van der Waals surface area contributed by atoms with Crippen LogP contribution in [-0.2, 0) is 10.5 Å². The molecule has 1 fully saturated rings. The number of hydrogen-bond acceptors (Lipinski definition) is 4. The first kappa shape index (κ1) is 23.7. The molecular formula is C25H31BrN4O3. The first-order valence-electron chi connectivity index (χ1n) is 11.5. The summed E-state index contributed by atoms with van der Waals surface area (Å²) in [5.41, 5.74) is 1.02. The largest absolute Gasteiger partial charge is 0.359 e. The van der Waals surface area contributed by atoms with Crippen molar-refractivity contribution in [3.05, 3.63) is 57.6 Å². The molecule has 4 rings (SSSR count). The Morgan fingerprint density at radius 2 is 1.88 bits per heavy atom. The molecule has 8 heteroatoms. The number of piperidine rings is 1. The summed E-state index contributed by atoms with van der Waals surface area (Å²) in [6.45, 7) is 7.43. The van der Waals surface area contributed by atoms with Gasteiger partial charge in [-0.15, -0.1) is 0 Å². The molecule has 3 N–H and O–H groups in total. The Balaban J connectivity index is 1.62. The van der Waals surface area contributed by atoms with E-state index in [1.54, 1.807) is 24.3 Å². The molecule has 2 aromatic carbocycles. The molecule has 176 valence electrons. The van der Waals surface area contributed by atoms with Crippen molar-refractivity contribution in [1.29, 1.82) is 0 Å². The lowest BCUT2D eigenvalue weighted by Crippen LogP contribution is -2.62. The van der Waals surface area contributed by atoms with Gasteiger partial charge in [0.25, 0.3) is 11.6 Å². The van der Waals surface area contributed by atoms with E-state index in [1.165, 1.54) is 19.3 Å². The Morgan fingerprint density at radius 3 is 2.61 bits per heavy atom. The third kappa shape index (κ3) is 4.78. The van der Waals surface area contributed by atoms with E-state index in [4.69, 9.17) is 0 Å². The van der Waals surface area contributed by atoms with E-state index >= 15 is 0 Å². The number of carbonyl (C=O) groups excluding carboxylic acids is 2. The number of nitrogens with one attached hydrogen (secondary N) is 2. The number of benzene rings is 2. The van der Waals surface area contributed by atoms with Gasteiger partial charge in [0.2, 0.25) is 0 Å². The predicted octanol–water partition coefficient (Wildman–Crippen LogP) is 4.26. The quantitative estimate of drug-likeness (QED) is 0.503. The van der Waals surface area contributed by atoms with Crippen LogP contribution in [0.1, 0.15) is 42.4 Å². The summed E-state index contributed by atoms with van der Waals surface area (Å²) in [4.78, 5) is 30.2. The van der Waals surface area contributed by atoms with Crippen LogP contribution in [0.5, 0.6) is 0 Å². The van der Waals surface area contributed by atoms with Crippen molar-refractivity contribution in [2.24, 2.45) is 0 Å². The Labute approximate surface area is 203 Å². The molecular weight excluding hydrogens is 484 g/mol. The highest BCUT2D eigenvalue weighted by atomic mass is 79.9. The predicted molar refractivity (Wildman–Crippen MR) is 133 cm³/mol. The first-order valence-corrected chi connectivity index (χ1v) is 12.3. The smallest absolute Gasteiger partial charge is 0.329 e. The van der Waals surface area contributed by atoms with E-state index in [0.717, 1.165) is 42.1 Å². The summed E-state index contributed by atoms with van der Waals surface area (Å²) in [6.07, 6.45) is 4.50. The van der Waals surface area contributed by atoms with Crippen LogP contribution in [0.4, 0.5) is 16.2 Å². The van der Waals surface area contributed by atoms with Gasteiger partial charge in [0.05, 0.1) is 5.69 Å². The van der Waals surface area contributed by atoms with Gasteiger partial charge in [-0.3, -0.25) is 9.69 Å². The summed E-state index contributed by atoms with van der Waals surface area (Å²) in [6, 6.07) is 10.0. The zero-order valence-corrected chi connectivity index (χ0v) is 20.7. The second-order valence-corrected chi connectivity index (χ2v) is 9.82. The van der Waals surface area contributed by atoms with Gasteiger partial charge in [-0.1, -0.05) is 28.4 Å². The monoisotopic (exact) mass is 514 g/mol. The van der Waals surface area contributed by atoms with Gasteiger partial charge >= 0.3 is 6.03 Å². The van der Waals surface area contributed by atoms with Crippen molar-refractivity contribution in [2.45, 2.75) is 45.3 Å². The van der Waals surface area contributed by atoms with Crippen LogP contribution in [0.3, 0.4) is 0 Å². The van der Waals surface area contributed by atoms with Crippen LogP contribution in [-0.4, -0.2) is 48.1 Å². The lowest BCUT2D eigenvalue weighted by atomic mass is 9.94. The van der Waals surface area contributed by atoms with Crippen LogP contribution in [0.15, 0.2) is 40.9 Å². The molecule has 2 aliphatic rings. The highest BCUT2D eigenvalue weighted by molar-refractivity contribution is 9.10. The number of hydrogen-bond donors (Lipinski definition) is 3. The Hall–Kier alpha value is -2.42. The molecule has 3 amide bonds. The van der Waals surface area contributed by atoms with Gasteiger partial charge in [0, 0.05) is 22.3 Å². The fourth-order valence-corrected chi connectivity index (χ4v) is 4.92. The normalized spacial score (nSPS) is 20.8. The second kappa shape index (κ2) is 9.83. The molecule has 0 bridgehead atoms. The zero-order valence-electron chi connectivity index (χ0n) is 19.2. The Bertz CT molecular complexity index is 1050. The minimum atomic E-state index is -2.19. The maximum Gasteiger partial charge on any atom is 0.329 e. The summed E-state index contributed by atoms with van der Waals surface area (Å²) >= 11 is 3.43. The lowest BCUT2D eigenvalue weighted by molar-refractivity contribution is -0.140. The third-order valence-corrected chi connectivity index (χ3v) is 7.07. The highest BCUT2D eigenvalue weighted by Crippen LogP contribution is 2.41. The van der Waals surface area contributed by atoms with E-state index in [2.05, 4.69) is 31.5 Å². The highest BCUT2D eigenvalue weighted by Gasteiger charge is 2.52. The average Bonchev–Trinajstić information content (AvgIpc) is 2.80. The molecule has 2 heterocycles. The number of rotatable bonds is 6. The number of urea groups is 1. The first-order chi connectivity index (χ1) is 15.8. The van der Waals surface area contributed by atoms with Crippen LogP contribution in [0.25, 0.3) is 0 Å². The van der Waals surface area contributed by atoms with Gasteiger partial charge in [-0.2, -0.15) is 0 Å². The molecule has 0 radical (unpaired) electrons. The van der Waals surface area contributed by atoms with Crippen molar-refractivity contribution in [1.82, 2.24) is 10.2 Å². The number of halogens is 1. The molecule has 0 unspecified atom stereocenters. The van der Waals surface area contributed by atoms with Gasteiger partial charge in [-0.05, 0) is 94.2 Å². The molecule has 0 aromatic heterocycles. The van der Waals surface area contributed by atoms with Crippen LogP contribution in [0, 0.1) is 13.8 Å². The number of fused-ring (bicyclic) bond motifs is 1. The minimum Gasteiger partial charge on any atom is -0.359 e. The van der Waals surface area contributed by atoms with Crippen molar-refractivity contribution in [3.8, 4) is 0 Å². The van der Waals surface area contributed by atoms with Gasteiger partial charge in [0.15, 0.2) is 0 Å². The third-order valence-electron chi connectivity index (χ3n) is 6.58. The standard InChI is InChI=1S/C25H31BrN4O3/c1-17-7-9-20(15-18(17)2)30-24(32)28-22-10-8-19(26)16-21(22)25(30,33)23(31)27-11-6-14-29-12-4-3-5-13-29/h7-10,15-16,33H,3-6,11-14H2,1-2H3,(H,27,31)(H,28,32)/t25-/m1/s1. The molecule has 2 aliphatic heterocycles. The van der Waals surface area contributed by atoms with Gasteiger partial charge in [0.1, 0.15) is 0 Å². The van der Waals surface area contributed by atoms with Crippen molar-refractivity contribution in [3.63, 3.8) is 0 Å². The van der Waals surface area contributed by atoms with E-state index in [1.807, 2.05) is 26.0 Å². The SMILES string of the molecule is Cc1ccc(N2C(=O)Nc3ccc(Br)cc3[C@@]2(O)C(=O)NCCCN2CCCCC2)cc1C. The molecule has 0 spiro atoms. The van der Waals surface area contributed by atoms with Crippen molar-refractivity contribution >= 4 is 39.2 Å². The van der Waals surface area contributed by atoms with Gasteiger partial charge < -0.3 is 20.6 Å². The maximum absolute atomic E-state index is 13.5. The summed E-state index contributed by atoms with van der Waals surface area (Å²) in [5, 5.41) is 17.6. The van der Waals surface area contributed by atoms with Crippen LogP contribution < -0.4 is 15.5 Å². The summed E-state index contributed by atoms with van der Waals surface area (Å²) in [5.74, 6) is -0.617. The topological polar surface area (TPSA) is 84.9 Å². The number of nitrogens with zero attached hydrogens (tertiary/aromatic N) is 2. The zero-order chi connectivity index (χ0) is 23.6. The molecule has 0 aliphatic carbocycles. The maximum atomic E-state index is 13.5. The molecule has 0 saturated carbocycles. The van der Waals surface area contributed by atoms with Crippen LogP contribution in [0.2, 0.25) is 0 Å². The van der Waals surface area contributed by atoms with E-state index in [-0.39, 0.29) is 0 Å². The van der Waals surface area contributed by atoms with Crippen molar-refractivity contribution in [2.75, 3.05) is 36.4 Å². The fourth-order valence-electron chi connectivity index (χ4n) is 4.56. The van der Waals surface area contributed by atoms with E-state index < -0.39 is 17.7 Å². The molecule has 7 nitrogen and oxygen atoms in total. The molecule has 1 saturated heterocycles. The number of aliphatic hydroxyl groups is 1. The summed E-state index contributed by atoms with van der Waals surface area (Å²) < 4.78 is 0.703. The molecule has 1 atom stereocenters. The lowest BCUT2D eigenvalue weighted by Gasteiger charge is -2.43. The van der Waals surface area contributed by atoms with E-state index in [9.17, 15) is 14.7 Å². The van der Waals surface area contributed by atoms with Crippen LogP contribution >= 0.6 is 15.9 Å². The Morgan fingerprint density at radius 1 is 1.12 bits per heavy atom.